The lowest BCUT2D eigenvalue weighted by Crippen LogP contribution is -2.67. The summed E-state index contributed by atoms with van der Waals surface area (Å²) in [6, 6.07) is 20.3. The standard InChI is InChI=1S/C31H42N2O8Si/c1-21-17-33(30(36)32-28(21)35)29-27(40-22(18-37-5)19-38-6)26(34)25(41-29)20-39-42(31(2,3)4,23-13-9-7-10-14-23)24-15-11-8-12-16-24/h7-17,22,25-27,29,34H,18-20H2,1-6H3,(H,32,35,36)/t25-,26?,27+,29-/m1/s1. The Kier molecular flexibility index (Phi) is 10.4. The predicted octanol–water partition coefficient (Wildman–Crippen LogP) is 1.73. The molecule has 10 nitrogen and oxygen atoms in total. The molecule has 0 radical (unpaired) electrons. The summed E-state index contributed by atoms with van der Waals surface area (Å²) in [6.45, 7) is 8.55. The zero-order valence-corrected chi connectivity index (χ0v) is 26.1. The molecule has 0 aliphatic carbocycles. The fourth-order valence-corrected chi connectivity index (χ4v) is 10.3. The number of nitrogens with zero attached hydrogens (tertiary/aromatic N) is 1. The van der Waals surface area contributed by atoms with Crippen LogP contribution in [0.4, 0.5) is 0 Å². The van der Waals surface area contributed by atoms with Gasteiger partial charge in [-0.25, -0.2) is 4.79 Å². The van der Waals surface area contributed by atoms with Crippen LogP contribution in [0.2, 0.25) is 5.04 Å². The van der Waals surface area contributed by atoms with Crippen LogP contribution in [0.5, 0.6) is 0 Å². The molecule has 1 aromatic heterocycles. The quantitative estimate of drug-likeness (QED) is 0.303. The highest BCUT2D eigenvalue weighted by Crippen LogP contribution is 2.38. The van der Waals surface area contributed by atoms with Gasteiger partial charge in [0.25, 0.3) is 13.9 Å². The molecule has 11 heteroatoms. The summed E-state index contributed by atoms with van der Waals surface area (Å²) >= 11 is 0. The molecule has 2 aromatic carbocycles. The van der Waals surface area contributed by atoms with Crippen molar-refractivity contribution in [2.24, 2.45) is 0 Å². The molecule has 2 heterocycles. The number of aryl methyl sites for hydroxylation is 1. The Hall–Kier alpha value is -2.90. The van der Waals surface area contributed by atoms with E-state index >= 15 is 0 Å². The Labute approximate surface area is 247 Å². The Morgan fingerprint density at radius 2 is 1.52 bits per heavy atom. The second kappa shape index (κ2) is 13.6. The van der Waals surface area contributed by atoms with Crippen molar-refractivity contribution in [2.75, 3.05) is 34.0 Å². The van der Waals surface area contributed by atoms with Crippen LogP contribution in [0.1, 0.15) is 32.6 Å². The first-order valence-corrected chi connectivity index (χ1v) is 16.0. The molecule has 4 rings (SSSR count). The molecule has 1 aliphatic heterocycles. The van der Waals surface area contributed by atoms with Crippen molar-refractivity contribution in [2.45, 2.75) is 63.4 Å². The number of ether oxygens (including phenoxy) is 4. The number of aromatic amines is 1. The third-order valence-corrected chi connectivity index (χ3v) is 12.7. The minimum absolute atomic E-state index is 0.0428. The van der Waals surface area contributed by atoms with Crippen molar-refractivity contribution in [3.63, 3.8) is 0 Å². The maximum absolute atomic E-state index is 12.9. The molecule has 3 aromatic rings. The summed E-state index contributed by atoms with van der Waals surface area (Å²) in [7, 11) is 0.144. The first-order valence-electron chi connectivity index (χ1n) is 14.1. The van der Waals surface area contributed by atoms with Crippen molar-refractivity contribution in [3.8, 4) is 0 Å². The number of methoxy groups -OCH3 is 2. The fourth-order valence-electron chi connectivity index (χ4n) is 5.69. The summed E-state index contributed by atoms with van der Waals surface area (Å²) in [4.78, 5) is 27.3. The van der Waals surface area contributed by atoms with Gasteiger partial charge in [-0.3, -0.25) is 14.3 Å². The molecule has 1 fully saturated rings. The Morgan fingerprint density at radius 1 is 0.976 bits per heavy atom. The van der Waals surface area contributed by atoms with Crippen LogP contribution < -0.4 is 21.6 Å². The lowest BCUT2D eigenvalue weighted by Gasteiger charge is -2.43. The number of benzene rings is 2. The molecule has 228 valence electrons. The van der Waals surface area contributed by atoms with E-state index in [1.54, 1.807) is 21.1 Å². The summed E-state index contributed by atoms with van der Waals surface area (Å²) in [5, 5.41) is 13.5. The van der Waals surface area contributed by atoms with Crippen molar-refractivity contribution in [3.05, 3.63) is 93.3 Å². The summed E-state index contributed by atoms with van der Waals surface area (Å²) < 4.78 is 31.5. The van der Waals surface area contributed by atoms with E-state index in [2.05, 4.69) is 50.0 Å². The van der Waals surface area contributed by atoms with Crippen LogP contribution >= 0.6 is 0 Å². The first kappa shape index (κ1) is 32.0. The Balaban J connectivity index is 1.73. The van der Waals surface area contributed by atoms with Gasteiger partial charge in [-0.1, -0.05) is 81.4 Å². The third-order valence-electron chi connectivity index (χ3n) is 7.67. The van der Waals surface area contributed by atoms with Gasteiger partial charge in [0.15, 0.2) is 6.23 Å². The van der Waals surface area contributed by atoms with E-state index in [0.717, 1.165) is 10.4 Å². The smallest absolute Gasteiger partial charge is 0.330 e. The lowest BCUT2D eigenvalue weighted by atomic mass is 10.1. The van der Waals surface area contributed by atoms with Gasteiger partial charge in [0.1, 0.15) is 24.4 Å². The number of hydrogen-bond donors (Lipinski definition) is 2. The van der Waals surface area contributed by atoms with E-state index in [1.165, 1.54) is 10.8 Å². The molecule has 0 bridgehead atoms. The van der Waals surface area contributed by atoms with E-state index in [4.69, 9.17) is 23.4 Å². The Morgan fingerprint density at radius 3 is 2.02 bits per heavy atom. The van der Waals surface area contributed by atoms with Crippen molar-refractivity contribution < 1.29 is 28.5 Å². The molecule has 0 amide bonds. The molecule has 0 saturated carbocycles. The molecular formula is C31H42N2O8Si. The molecule has 1 saturated heterocycles. The second-order valence-electron chi connectivity index (χ2n) is 11.6. The highest BCUT2D eigenvalue weighted by atomic mass is 28.4. The molecule has 0 spiro atoms. The van der Waals surface area contributed by atoms with Gasteiger partial charge >= 0.3 is 5.69 Å². The number of aliphatic hydroxyl groups excluding tert-OH is 1. The average molecular weight is 599 g/mol. The minimum atomic E-state index is -2.94. The minimum Gasteiger partial charge on any atom is -0.405 e. The van der Waals surface area contributed by atoms with Crippen LogP contribution in [0.25, 0.3) is 0 Å². The maximum atomic E-state index is 12.9. The summed E-state index contributed by atoms with van der Waals surface area (Å²) in [5.41, 5.74) is -0.834. The topological polar surface area (TPSA) is 121 Å². The fraction of sp³-hybridized carbons (Fsp3) is 0.484. The highest BCUT2D eigenvalue weighted by Gasteiger charge is 2.53. The number of hydrogen-bond acceptors (Lipinski definition) is 8. The van der Waals surface area contributed by atoms with Crippen LogP contribution in [0, 0.1) is 6.92 Å². The van der Waals surface area contributed by atoms with E-state index in [1.807, 2.05) is 36.4 Å². The lowest BCUT2D eigenvalue weighted by molar-refractivity contribution is -0.132. The molecule has 42 heavy (non-hydrogen) atoms. The number of nitrogens with one attached hydrogen (secondary N) is 1. The van der Waals surface area contributed by atoms with Gasteiger partial charge in [-0.15, -0.1) is 0 Å². The summed E-state index contributed by atoms with van der Waals surface area (Å²) in [5.74, 6) is 0. The van der Waals surface area contributed by atoms with Crippen molar-refractivity contribution >= 4 is 18.7 Å². The van der Waals surface area contributed by atoms with Crippen LogP contribution in [0.3, 0.4) is 0 Å². The molecular weight excluding hydrogens is 556 g/mol. The van der Waals surface area contributed by atoms with E-state index in [-0.39, 0.29) is 24.9 Å². The third kappa shape index (κ3) is 6.52. The number of H-pyrrole nitrogens is 1. The second-order valence-corrected chi connectivity index (χ2v) is 15.9. The normalized spacial score (nSPS) is 21.2. The van der Waals surface area contributed by atoms with Crippen molar-refractivity contribution in [1.29, 1.82) is 0 Å². The highest BCUT2D eigenvalue weighted by molar-refractivity contribution is 6.99. The molecule has 2 N–H and O–H groups in total. The van der Waals surface area contributed by atoms with Crippen LogP contribution in [0.15, 0.2) is 76.4 Å². The number of aromatic nitrogens is 2. The molecule has 1 aliphatic rings. The summed E-state index contributed by atoms with van der Waals surface area (Å²) in [6.07, 6.45) is -3.14. The monoisotopic (exact) mass is 598 g/mol. The van der Waals surface area contributed by atoms with E-state index < -0.39 is 50.2 Å². The van der Waals surface area contributed by atoms with Crippen molar-refractivity contribution in [1.82, 2.24) is 9.55 Å². The SMILES string of the molecule is COCC(COC)O[C@H]1C(O)[C@@H](CO[Si](c2ccccc2)(c2ccccc2)C(C)(C)C)O[C@H]1n1cc(C)c(=O)[nH]c1=O. The van der Waals surface area contributed by atoms with Crippen LogP contribution in [-0.4, -0.2) is 81.4 Å². The van der Waals surface area contributed by atoms with Crippen LogP contribution in [-0.2, 0) is 23.4 Å². The van der Waals surface area contributed by atoms with Gasteiger partial charge < -0.3 is 28.5 Å². The van der Waals surface area contributed by atoms with Gasteiger partial charge in [0.05, 0.1) is 19.8 Å². The van der Waals surface area contributed by atoms with Gasteiger partial charge in [-0.2, -0.15) is 0 Å². The average Bonchev–Trinajstić information content (AvgIpc) is 3.26. The van der Waals surface area contributed by atoms with Gasteiger partial charge in [-0.05, 0) is 22.3 Å². The number of rotatable bonds is 12. The predicted molar refractivity (Wildman–Crippen MR) is 162 cm³/mol. The Bertz CT molecular complexity index is 1360. The first-order chi connectivity index (χ1) is 20.0. The van der Waals surface area contributed by atoms with E-state index in [9.17, 15) is 14.7 Å². The number of aliphatic hydroxyl groups is 1. The zero-order valence-electron chi connectivity index (χ0n) is 25.1. The largest absolute Gasteiger partial charge is 0.405 e. The maximum Gasteiger partial charge on any atom is 0.330 e. The molecule has 1 unspecified atom stereocenters. The zero-order chi connectivity index (χ0) is 30.5. The van der Waals surface area contributed by atoms with E-state index in [0.29, 0.717) is 5.56 Å². The van der Waals surface area contributed by atoms with Gasteiger partial charge in [0.2, 0.25) is 0 Å². The van der Waals surface area contributed by atoms with Gasteiger partial charge in [0, 0.05) is 26.0 Å². The molecule has 4 atom stereocenters.